The van der Waals surface area contributed by atoms with Crippen LogP contribution < -0.4 is 16.2 Å². The molecule has 2 aromatic carbocycles. The fourth-order valence-corrected chi connectivity index (χ4v) is 4.08. The summed E-state index contributed by atoms with van der Waals surface area (Å²) in [4.78, 5) is 34.4. The number of nitriles is 1. The quantitative estimate of drug-likeness (QED) is 0.280. The van der Waals surface area contributed by atoms with Crippen molar-refractivity contribution in [3.8, 4) is 17.2 Å². The highest BCUT2D eigenvalue weighted by Crippen LogP contribution is 2.31. The van der Waals surface area contributed by atoms with Gasteiger partial charge in [-0.3, -0.25) is 14.2 Å². The van der Waals surface area contributed by atoms with E-state index in [2.05, 4.69) is 20.6 Å². The molecular formula is C27H21ClN6O2. The van der Waals surface area contributed by atoms with Crippen LogP contribution in [-0.2, 0) is 11.8 Å². The van der Waals surface area contributed by atoms with Crippen molar-refractivity contribution in [2.45, 2.75) is 12.8 Å². The molecule has 0 spiro atoms. The van der Waals surface area contributed by atoms with Gasteiger partial charge in [0.2, 0.25) is 5.95 Å². The van der Waals surface area contributed by atoms with Crippen molar-refractivity contribution in [3.05, 3.63) is 87.8 Å². The molecule has 1 saturated carbocycles. The molecule has 0 radical (unpaired) electrons. The molecule has 1 aliphatic rings. The van der Waals surface area contributed by atoms with Gasteiger partial charge in [-0.2, -0.15) is 10.2 Å². The van der Waals surface area contributed by atoms with Crippen molar-refractivity contribution in [2.75, 3.05) is 10.6 Å². The van der Waals surface area contributed by atoms with E-state index in [1.165, 1.54) is 4.57 Å². The third kappa shape index (κ3) is 4.83. The van der Waals surface area contributed by atoms with Crippen molar-refractivity contribution in [1.82, 2.24) is 14.5 Å². The molecule has 4 aromatic rings. The number of anilines is 3. The second-order valence-electron chi connectivity index (χ2n) is 8.56. The van der Waals surface area contributed by atoms with Crippen LogP contribution in [-0.4, -0.2) is 20.4 Å². The van der Waals surface area contributed by atoms with Crippen LogP contribution in [0, 0.1) is 17.2 Å². The molecule has 0 unspecified atom stereocenters. The first-order chi connectivity index (χ1) is 17.4. The minimum Gasteiger partial charge on any atom is -0.324 e. The number of aryl methyl sites for hydroxylation is 1. The number of halogens is 1. The third-order valence-corrected chi connectivity index (χ3v) is 6.21. The molecule has 1 aliphatic carbocycles. The Morgan fingerprint density at radius 1 is 1.14 bits per heavy atom. The fraction of sp³-hybridized carbons (Fsp3) is 0.148. The summed E-state index contributed by atoms with van der Waals surface area (Å²) >= 11 is 6.31. The van der Waals surface area contributed by atoms with Crippen LogP contribution in [0.4, 0.5) is 17.3 Å². The highest BCUT2D eigenvalue weighted by Gasteiger charge is 2.21. The van der Waals surface area contributed by atoms with Gasteiger partial charge in [0.15, 0.2) is 0 Å². The molecule has 2 aromatic heterocycles. The summed E-state index contributed by atoms with van der Waals surface area (Å²) in [5.41, 5.74) is 2.63. The molecule has 5 rings (SSSR count). The average Bonchev–Trinajstić information content (AvgIpc) is 3.70. The molecule has 0 saturated heterocycles. The van der Waals surface area contributed by atoms with E-state index in [4.69, 9.17) is 11.6 Å². The number of amides is 1. The Morgan fingerprint density at radius 3 is 2.67 bits per heavy atom. The van der Waals surface area contributed by atoms with E-state index in [-0.39, 0.29) is 17.1 Å². The van der Waals surface area contributed by atoms with E-state index in [0.29, 0.717) is 44.5 Å². The highest BCUT2D eigenvalue weighted by atomic mass is 35.5. The van der Waals surface area contributed by atoms with Gasteiger partial charge in [-0.15, -0.1) is 0 Å². The molecule has 1 amide bonds. The topological polar surface area (TPSA) is 113 Å². The second-order valence-corrected chi connectivity index (χ2v) is 8.97. The smallest absolute Gasteiger partial charge is 0.265 e. The van der Waals surface area contributed by atoms with Crippen LogP contribution in [0.3, 0.4) is 0 Å². The molecule has 2 N–H and O–H groups in total. The SMILES string of the molecule is Cn1c(=O)c(-c2ccccc2Cl)cc2cnc(Nc3cccc(NC(=O)/C(C#N)=C\C4CC4)c3)nc21. The zero-order chi connectivity index (χ0) is 25.2. The van der Waals surface area contributed by atoms with E-state index in [1.807, 2.05) is 18.2 Å². The highest BCUT2D eigenvalue weighted by molar-refractivity contribution is 6.33. The number of hydrogen-bond donors (Lipinski definition) is 2. The van der Waals surface area contributed by atoms with Crippen molar-refractivity contribution in [1.29, 1.82) is 5.26 Å². The number of rotatable bonds is 6. The lowest BCUT2D eigenvalue weighted by Crippen LogP contribution is -2.20. The first kappa shape index (κ1) is 23.3. The monoisotopic (exact) mass is 496 g/mol. The maximum atomic E-state index is 13.1. The van der Waals surface area contributed by atoms with Crippen LogP contribution in [0.5, 0.6) is 0 Å². The number of hydrogen-bond acceptors (Lipinski definition) is 6. The zero-order valence-electron chi connectivity index (χ0n) is 19.3. The number of allylic oxidation sites excluding steroid dienone is 1. The molecular weight excluding hydrogens is 476 g/mol. The van der Waals surface area contributed by atoms with Gasteiger partial charge in [0, 0.05) is 46.2 Å². The van der Waals surface area contributed by atoms with Crippen molar-refractivity contribution in [3.63, 3.8) is 0 Å². The number of carbonyl (C=O) groups is 1. The Labute approximate surface area is 211 Å². The Morgan fingerprint density at radius 2 is 1.92 bits per heavy atom. The first-order valence-electron chi connectivity index (χ1n) is 11.3. The van der Waals surface area contributed by atoms with Crippen LogP contribution in [0.25, 0.3) is 22.2 Å². The summed E-state index contributed by atoms with van der Waals surface area (Å²) < 4.78 is 1.47. The number of nitrogens with one attached hydrogen (secondary N) is 2. The summed E-state index contributed by atoms with van der Waals surface area (Å²) in [5.74, 6) is 0.172. The molecule has 178 valence electrons. The van der Waals surface area contributed by atoms with Crippen LogP contribution in [0.15, 0.2) is 77.2 Å². The number of pyridine rings is 1. The van der Waals surface area contributed by atoms with E-state index in [1.54, 1.807) is 61.8 Å². The van der Waals surface area contributed by atoms with Gasteiger partial charge in [0.05, 0.1) is 0 Å². The Balaban J connectivity index is 1.40. The van der Waals surface area contributed by atoms with Crippen molar-refractivity contribution < 1.29 is 4.79 Å². The number of benzene rings is 2. The maximum Gasteiger partial charge on any atom is 0.265 e. The van der Waals surface area contributed by atoms with Crippen molar-refractivity contribution >= 4 is 45.9 Å². The Kier molecular flexibility index (Phi) is 6.23. The van der Waals surface area contributed by atoms with Crippen LogP contribution in [0.1, 0.15) is 12.8 Å². The minimum atomic E-state index is -0.437. The average molecular weight is 497 g/mol. The minimum absolute atomic E-state index is 0.116. The summed E-state index contributed by atoms with van der Waals surface area (Å²) in [5, 5.41) is 16.3. The number of fused-ring (bicyclic) bond motifs is 1. The molecule has 0 aliphatic heterocycles. The molecule has 0 atom stereocenters. The van der Waals surface area contributed by atoms with Gasteiger partial charge in [0.25, 0.3) is 11.5 Å². The largest absolute Gasteiger partial charge is 0.324 e. The second kappa shape index (κ2) is 9.64. The number of aromatic nitrogens is 3. The number of carbonyl (C=O) groups excluding carboxylic acids is 1. The molecule has 9 heteroatoms. The van der Waals surface area contributed by atoms with Gasteiger partial charge in [0.1, 0.15) is 17.3 Å². The summed E-state index contributed by atoms with van der Waals surface area (Å²) in [7, 11) is 1.65. The molecule has 36 heavy (non-hydrogen) atoms. The van der Waals surface area contributed by atoms with Gasteiger partial charge >= 0.3 is 0 Å². The normalized spacial score (nSPS) is 13.3. The summed E-state index contributed by atoms with van der Waals surface area (Å²) in [6, 6.07) is 17.9. The summed E-state index contributed by atoms with van der Waals surface area (Å²) in [6.07, 6.45) is 5.38. The Bertz CT molecular complexity index is 1630. The van der Waals surface area contributed by atoms with E-state index in [0.717, 1.165) is 12.8 Å². The molecule has 0 bridgehead atoms. The predicted octanol–water partition coefficient (Wildman–Crippen LogP) is 5.19. The lowest BCUT2D eigenvalue weighted by atomic mass is 10.1. The van der Waals surface area contributed by atoms with Gasteiger partial charge in [-0.1, -0.05) is 41.9 Å². The third-order valence-electron chi connectivity index (χ3n) is 5.88. The fourth-order valence-electron chi connectivity index (χ4n) is 3.84. The lowest BCUT2D eigenvalue weighted by Gasteiger charge is -2.12. The van der Waals surface area contributed by atoms with Crippen LogP contribution in [0.2, 0.25) is 5.02 Å². The van der Waals surface area contributed by atoms with E-state index in [9.17, 15) is 14.9 Å². The van der Waals surface area contributed by atoms with Crippen LogP contribution >= 0.6 is 11.6 Å². The zero-order valence-corrected chi connectivity index (χ0v) is 20.1. The maximum absolute atomic E-state index is 13.1. The number of nitrogens with zero attached hydrogens (tertiary/aromatic N) is 4. The summed E-state index contributed by atoms with van der Waals surface area (Å²) in [6.45, 7) is 0. The van der Waals surface area contributed by atoms with E-state index >= 15 is 0 Å². The van der Waals surface area contributed by atoms with Crippen molar-refractivity contribution in [2.24, 2.45) is 13.0 Å². The van der Waals surface area contributed by atoms with Gasteiger partial charge < -0.3 is 10.6 Å². The van der Waals surface area contributed by atoms with Gasteiger partial charge in [-0.25, -0.2) is 4.98 Å². The molecule has 8 nitrogen and oxygen atoms in total. The Hall–Kier alpha value is -4.48. The lowest BCUT2D eigenvalue weighted by molar-refractivity contribution is -0.112. The molecule has 1 fully saturated rings. The first-order valence-corrected chi connectivity index (χ1v) is 11.7. The molecule has 2 heterocycles. The van der Waals surface area contributed by atoms with Gasteiger partial charge in [-0.05, 0) is 49.1 Å². The van der Waals surface area contributed by atoms with E-state index < -0.39 is 5.91 Å². The standard InChI is InChI=1S/C27H21ClN6O2/c1-34-24-18(12-22(26(34)36)21-7-2-3-8-23(21)28)15-30-27(33-24)32-20-6-4-5-19(13-20)31-25(35)17(14-29)11-16-9-10-16/h2-8,11-13,15-16H,9-10H2,1H3,(H,31,35)(H,30,32,33)/b17-11-. The predicted molar refractivity (Wildman–Crippen MR) is 140 cm³/mol.